The Morgan fingerprint density at radius 1 is 1.62 bits per heavy atom. The lowest BCUT2D eigenvalue weighted by Crippen LogP contribution is -2.09. The molecular formula is C8H7ClF2O2. The average molecular weight is 209 g/mol. The molecule has 1 unspecified atom stereocenters. The molecule has 0 aliphatic heterocycles. The van der Waals surface area contributed by atoms with E-state index in [-0.39, 0.29) is 0 Å². The maximum absolute atomic E-state index is 12.4. The molecule has 0 radical (unpaired) electrons. The summed E-state index contributed by atoms with van der Waals surface area (Å²) in [5, 5.41) is 8.57. The maximum atomic E-state index is 12.4. The Morgan fingerprint density at radius 2 is 2.31 bits per heavy atom. The molecule has 72 valence electrons. The molecule has 13 heavy (non-hydrogen) atoms. The Balaban J connectivity index is 2.51. The molecule has 1 aliphatic rings. The molecule has 0 aromatic heterocycles. The zero-order valence-corrected chi connectivity index (χ0v) is 7.26. The van der Waals surface area contributed by atoms with Gasteiger partial charge < -0.3 is 9.84 Å². The summed E-state index contributed by atoms with van der Waals surface area (Å²) in [6, 6.07) is -3.56. The Bertz CT molecular complexity index is 280. The highest BCUT2D eigenvalue weighted by Gasteiger charge is 2.13. The fourth-order valence-electron chi connectivity index (χ4n) is 0.844. The van der Waals surface area contributed by atoms with Crippen molar-refractivity contribution in [2.75, 3.05) is 0 Å². The summed E-state index contributed by atoms with van der Waals surface area (Å²) in [5.41, 5.74) is 0. The van der Waals surface area contributed by atoms with E-state index in [1.807, 2.05) is 0 Å². The molecule has 1 aliphatic carbocycles. The highest BCUT2D eigenvalue weighted by Crippen LogP contribution is 2.19. The van der Waals surface area contributed by atoms with Crippen molar-refractivity contribution in [3.63, 3.8) is 0 Å². The first kappa shape index (κ1) is 10.1. The maximum Gasteiger partial charge on any atom is 0.347 e. The lowest BCUT2D eigenvalue weighted by molar-refractivity contribution is 0.0684. The first-order valence-corrected chi connectivity index (χ1v) is 3.92. The molecule has 1 rings (SSSR count). The molecule has 0 heterocycles. The third-order valence-electron chi connectivity index (χ3n) is 1.43. The molecule has 2 nitrogen and oxygen atoms in total. The van der Waals surface area contributed by atoms with Gasteiger partial charge >= 0.3 is 12.0 Å². The molecule has 0 spiro atoms. The molecular weight excluding hydrogens is 202 g/mol. The first-order chi connectivity index (χ1) is 6.09. The normalized spacial score (nSPS) is 23.6. The van der Waals surface area contributed by atoms with Crippen molar-refractivity contribution in [1.82, 2.24) is 0 Å². The van der Waals surface area contributed by atoms with Gasteiger partial charge in [-0.05, 0) is 12.2 Å². The van der Waals surface area contributed by atoms with Crippen LogP contribution in [-0.4, -0.2) is 11.2 Å². The third kappa shape index (κ3) is 3.06. The van der Waals surface area contributed by atoms with E-state index in [0.29, 0.717) is 11.5 Å². The summed E-state index contributed by atoms with van der Waals surface area (Å²) in [5.74, 6) is 0. The molecule has 1 N–H and O–H groups in total. The minimum atomic E-state index is -1.95. The summed E-state index contributed by atoms with van der Waals surface area (Å²) >= 11 is 5.57. The van der Waals surface area contributed by atoms with E-state index >= 15 is 0 Å². The van der Waals surface area contributed by atoms with Gasteiger partial charge in [-0.2, -0.15) is 8.78 Å². The summed E-state index contributed by atoms with van der Waals surface area (Å²) in [7, 11) is 0. The second-order valence-electron chi connectivity index (χ2n) is 2.40. The molecule has 1 atom stereocenters. The summed E-state index contributed by atoms with van der Waals surface area (Å²) < 4.78 is 28.5. The van der Waals surface area contributed by atoms with Gasteiger partial charge in [-0.3, -0.25) is 0 Å². The number of allylic oxidation sites excluding steroid dienone is 2. The smallest absolute Gasteiger partial charge is 0.347 e. The van der Waals surface area contributed by atoms with E-state index in [4.69, 9.17) is 16.7 Å². The molecule has 0 fully saturated rings. The van der Waals surface area contributed by atoms with Crippen LogP contribution in [0.25, 0.3) is 0 Å². The van der Waals surface area contributed by atoms with Gasteiger partial charge in [0.25, 0.3) is 0 Å². The predicted molar refractivity (Wildman–Crippen MR) is 44.4 cm³/mol. The monoisotopic (exact) mass is 208 g/mol. The van der Waals surface area contributed by atoms with Crippen LogP contribution in [0.3, 0.4) is 0 Å². The van der Waals surface area contributed by atoms with E-state index in [2.05, 4.69) is 4.74 Å². The number of halogens is 3. The van der Waals surface area contributed by atoms with Crippen LogP contribution in [0.15, 0.2) is 35.3 Å². The van der Waals surface area contributed by atoms with Gasteiger partial charge in [0, 0.05) is 11.5 Å². The van der Waals surface area contributed by atoms with Crippen LogP contribution in [0.1, 0.15) is 6.42 Å². The minimum absolute atomic E-state index is 0.343. The summed E-state index contributed by atoms with van der Waals surface area (Å²) in [6.45, 7) is 0. The number of ether oxygens (including phenoxy) is 1. The fourth-order valence-corrected chi connectivity index (χ4v) is 1.01. The van der Waals surface area contributed by atoms with Crippen LogP contribution >= 0.6 is 11.6 Å². The van der Waals surface area contributed by atoms with Crippen LogP contribution in [-0.2, 0) is 4.74 Å². The second-order valence-corrected chi connectivity index (χ2v) is 2.84. The molecule has 5 heteroatoms. The van der Waals surface area contributed by atoms with Gasteiger partial charge in [0.15, 0.2) is 0 Å². The van der Waals surface area contributed by atoms with E-state index in [1.165, 1.54) is 12.2 Å². The Hall–Kier alpha value is -1.03. The number of hydrogen-bond donors (Lipinski definition) is 1. The van der Waals surface area contributed by atoms with E-state index in [9.17, 15) is 8.78 Å². The topological polar surface area (TPSA) is 29.5 Å². The zero-order valence-electron chi connectivity index (χ0n) is 6.51. The van der Waals surface area contributed by atoms with Gasteiger partial charge in [-0.25, -0.2) is 0 Å². The van der Waals surface area contributed by atoms with Gasteiger partial charge in [0.2, 0.25) is 0 Å². The van der Waals surface area contributed by atoms with Crippen LogP contribution < -0.4 is 0 Å². The third-order valence-corrected chi connectivity index (χ3v) is 1.71. The molecule has 0 aromatic rings. The quantitative estimate of drug-likeness (QED) is 0.707. The second kappa shape index (κ2) is 4.28. The molecule has 0 saturated heterocycles. The highest BCUT2D eigenvalue weighted by atomic mass is 35.5. The molecule has 0 saturated carbocycles. The SMILES string of the molecule is O/C(F)=C(\F)OC1C=CC(Cl)=CC1. The number of hydrogen-bond acceptors (Lipinski definition) is 2. The average Bonchev–Trinajstić information content (AvgIpc) is 2.08. The lowest BCUT2D eigenvalue weighted by atomic mass is 10.1. The van der Waals surface area contributed by atoms with Crippen molar-refractivity contribution in [3.8, 4) is 0 Å². The lowest BCUT2D eigenvalue weighted by Gasteiger charge is -2.14. The van der Waals surface area contributed by atoms with E-state index in [0.717, 1.165) is 0 Å². The fraction of sp³-hybridized carbons (Fsp3) is 0.250. The van der Waals surface area contributed by atoms with Gasteiger partial charge in [0.05, 0.1) is 0 Å². The van der Waals surface area contributed by atoms with Crippen molar-refractivity contribution in [2.24, 2.45) is 0 Å². The zero-order chi connectivity index (χ0) is 9.84. The van der Waals surface area contributed by atoms with E-state index in [1.54, 1.807) is 6.08 Å². The largest absolute Gasteiger partial charge is 0.482 e. The highest BCUT2D eigenvalue weighted by molar-refractivity contribution is 6.31. The molecule has 0 amide bonds. The summed E-state index contributed by atoms with van der Waals surface area (Å²) in [6.07, 6.45) is 4.31. The van der Waals surface area contributed by atoms with Crippen molar-refractivity contribution in [1.29, 1.82) is 0 Å². The Kier molecular flexibility index (Phi) is 3.31. The van der Waals surface area contributed by atoms with Crippen molar-refractivity contribution < 1.29 is 18.6 Å². The van der Waals surface area contributed by atoms with Crippen LogP contribution in [0.4, 0.5) is 8.78 Å². The van der Waals surface area contributed by atoms with Crippen molar-refractivity contribution in [2.45, 2.75) is 12.5 Å². The minimum Gasteiger partial charge on any atom is -0.482 e. The molecule has 0 aromatic carbocycles. The Morgan fingerprint density at radius 3 is 2.77 bits per heavy atom. The van der Waals surface area contributed by atoms with Crippen molar-refractivity contribution >= 4 is 11.6 Å². The van der Waals surface area contributed by atoms with Crippen molar-refractivity contribution in [3.05, 3.63) is 35.3 Å². The van der Waals surface area contributed by atoms with Crippen LogP contribution in [0.5, 0.6) is 0 Å². The number of aliphatic hydroxyl groups is 1. The van der Waals surface area contributed by atoms with E-state index < -0.39 is 18.1 Å². The summed E-state index contributed by atoms with van der Waals surface area (Å²) in [4.78, 5) is 0. The van der Waals surface area contributed by atoms with Gasteiger partial charge in [-0.15, -0.1) is 0 Å². The standard InChI is InChI=1S/C8H7ClF2O2/c9-5-1-3-6(4-2-5)13-8(11)7(10)12/h1-3,6,12H,4H2/b8-7+. The van der Waals surface area contributed by atoms with Gasteiger partial charge in [0.1, 0.15) is 6.10 Å². The van der Waals surface area contributed by atoms with Gasteiger partial charge in [-0.1, -0.05) is 17.7 Å². The van der Waals surface area contributed by atoms with Crippen LogP contribution in [0.2, 0.25) is 0 Å². The first-order valence-electron chi connectivity index (χ1n) is 3.54. The number of aliphatic hydroxyl groups excluding tert-OH is 1. The van der Waals surface area contributed by atoms with Crippen LogP contribution in [0, 0.1) is 0 Å². The predicted octanol–water partition coefficient (Wildman–Crippen LogP) is 3.08. The Labute approximate surface area is 78.8 Å². The molecule has 0 bridgehead atoms. The number of rotatable bonds is 2.